The number of benzene rings is 1. The molecule has 0 saturated heterocycles. The standard InChI is InChI=1S/C16H17NO3S/c1-3-20-16(18)15-17-12-8-4-6-10-11(14(12)21-15)7-5-9-13(10)19-2/h5,7,9H,3-4,6,8H2,1-2H3. The first-order valence-electron chi connectivity index (χ1n) is 7.07. The lowest BCUT2D eigenvalue weighted by Gasteiger charge is -2.10. The van der Waals surface area contributed by atoms with Gasteiger partial charge in [-0.15, -0.1) is 11.3 Å². The Morgan fingerprint density at radius 3 is 3.00 bits per heavy atom. The molecule has 1 aromatic carbocycles. The van der Waals surface area contributed by atoms with Crippen molar-refractivity contribution in [2.24, 2.45) is 0 Å². The van der Waals surface area contributed by atoms with Crippen LogP contribution in [0.3, 0.4) is 0 Å². The van der Waals surface area contributed by atoms with E-state index in [1.54, 1.807) is 14.0 Å². The molecule has 0 unspecified atom stereocenters. The van der Waals surface area contributed by atoms with Crippen molar-refractivity contribution >= 4 is 17.3 Å². The van der Waals surface area contributed by atoms with Crippen molar-refractivity contribution in [2.45, 2.75) is 26.2 Å². The average molecular weight is 303 g/mol. The number of aryl methyl sites for hydroxylation is 1. The molecular formula is C16H17NO3S. The maximum Gasteiger partial charge on any atom is 0.367 e. The number of hydrogen-bond acceptors (Lipinski definition) is 5. The fourth-order valence-electron chi connectivity index (χ4n) is 2.67. The van der Waals surface area contributed by atoms with Crippen LogP contribution in [0.25, 0.3) is 10.4 Å². The van der Waals surface area contributed by atoms with Gasteiger partial charge >= 0.3 is 5.97 Å². The van der Waals surface area contributed by atoms with E-state index in [0.717, 1.165) is 41.1 Å². The first-order chi connectivity index (χ1) is 10.2. The Morgan fingerprint density at radius 2 is 2.24 bits per heavy atom. The molecule has 0 N–H and O–H groups in total. The quantitative estimate of drug-likeness (QED) is 0.814. The molecule has 5 heteroatoms. The van der Waals surface area contributed by atoms with Crippen molar-refractivity contribution < 1.29 is 14.3 Å². The summed E-state index contributed by atoms with van der Waals surface area (Å²) in [5.74, 6) is 0.575. The molecule has 0 atom stereocenters. The lowest BCUT2D eigenvalue weighted by atomic mass is 10.0. The minimum absolute atomic E-state index is 0.333. The van der Waals surface area contributed by atoms with Crippen molar-refractivity contribution in [1.82, 2.24) is 4.98 Å². The van der Waals surface area contributed by atoms with Crippen LogP contribution in [-0.4, -0.2) is 24.7 Å². The molecule has 0 radical (unpaired) electrons. The second-order valence-electron chi connectivity index (χ2n) is 4.86. The number of rotatable bonds is 3. The molecular weight excluding hydrogens is 286 g/mol. The van der Waals surface area contributed by atoms with Gasteiger partial charge in [-0.2, -0.15) is 0 Å². The smallest absolute Gasteiger partial charge is 0.367 e. The van der Waals surface area contributed by atoms with Gasteiger partial charge in [0.15, 0.2) is 0 Å². The molecule has 0 fully saturated rings. The number of nitrogens with zero attached hydrogens (tertiary/aromatic N) is 1. The number of carbonyl (C=O) groups excluding carboxylic acids is 1. The zero-order valence-electron chi connectivity index (χ0n) is 12.1. The van der Waals surface area contributed by atoms with Crippen molar-refractivity contribution in [3.05, 3.63) is 34.5 Å². The van der Waals surface area contributed by atoms with Crippen molar-refractivity contribution in [3.63, 3.8) is 0 Å². The van der Waals surface area contributed by atoms with E-state index in [1.165, 1.54) is 16.9 Å². The third-order valence-corrected chi connectivity index (χ3v) is 4.70. The summed E-state index contributed by atoms with van der Waals surface area (Å²) < 4.78 is 10.5. The van der Waals surface area contributed by atoms with Crippen LogP contribution in [0.4, 0.5) is 0 Å². The van der Waals surface area contributed by atoms with Gasteiger partial charge in [0.2, 0.25) is 5.01 Å². The van der Waals surface area contributed by atoms with Crippen molar-refractivity contribution in [2.75, 3.05) is 13.7 Å². The first kappa shape index (κ1) is 14.1. The lowest BCUT2D eigenvalue weighted by molar-refractivity contribution is 0.0525. The molecule has 1 aliphatic rings. The molecule has 0 bridgehead atoms. The van der Waals surface area contributed by atoms with Gasteiger partial charge in [0.05, 0.1) is 24.3 Å². The highest BCUT2D eigenvalue weighted by atomic mass is 32.1. The van der Waals surface area contributed by atoms with E-state index < -0.39 is 0 Å². The third-order valence-electron chi connectivity index (χ3n) is 3.59. The van der Waals surface area contributed by atoms with Crippen LogP contribution in [0.2, 0.25) is 0 Å². The Balaban J connectivity index is 2.09. The van der Waals surface area contributed by atoms with Crippen molar-refractivity contribution in [3.8, 4) is 16.2 Å². The first-order valence-corrected chi connectivity index (χ1v) is 7.89. The van der Waals surface area contributed by atoms with E-state index in [2.05, 4.69) is 11.1 Å². The van der Waals surface area contributed by atoms with Gasteiger partial charge in [-0.3, -0.25) is 0 Å². The van der Waals surface area contributed by atoms with Crippen LogP contribution >= 0.6 is 11.3 Å². The molecule has 4 nitrogen and oxygen atoms in total. The highest BCUT2D eigenvalue weighted by molar-refractivity contribution is 7.17. The fraction of sp³-hybridized carbons (Fsp3) is 0.375. The topological polar surface area (TPSA) is 48.4 Å². The van der Waals surface area contributed by atoms with E-state index in [-0.39, 0.29) is 5.97 Å². The molecule has 110 valence electrons. The molecule has 0 spiro atoms. The minimum atomic E-state index is -0.333. The zero-order valence-corrected chi connectivity index (χ0v) is 13.0. The highest BCUT2D eigenvalue weighted by Crippen LogP contribution is 2.40. The van der Waals surface area contributed by atoms with Crippen LogP contribution < -0.4 is 4.74 Å². The Kier molecular flexibility index (Phi) is 3.92. The molecule has 3 rings (SSSR count). The Labute approximate surface area is 127 Å². The maximum atomic E-state index is 11.9. The van der Waals surface area contributed by atoms with Gasteiger partial charge in [0.1, 0.15) is 5.75 Å². The fourth-order valence-corrected chi connectivity index (χ4v) is 3.73. The number of carbonyl (C=O) groups is 1. The second-order valence-corrected chi connectivity index (χ2v) is 5.85. The predicted octanol–water partition coefficient (Wildman–Crippen LogP) is 3.48. The summed E-state index contributed by atoms with van der Waals surface area (Å²) in [5, 5.41) is 0.442. The summed E-state index contributed by atoms with van der Waals surface area (Å²) in [6.07, 6.45) is 2.85. The molecule has 1 aliphatic carbocycles. The van der Waals surface area contributed by atoms with Crippen molar-refractivity contribution in [1.29, 1.82) is 0 Å². The second kappa shape index (κ2) is 5.85. The van der Waals surface area contributed by atoms with E-state index in [4.69, 9.17) is 9.47 Å². The van der Waals surface area contributed by atoms with Gasteiger partial charge in [0.25, 0.3) is 0 Å². The molecule has 0 saturated carbocycles. The third kappa shape index (κ3) is 2.53. The van der Waals surface area contributed by atoms with E-state index in [0.29, 0.717) is 11.6 Å². The summed E-state index contributed by atoms with van der Waals surface area (Å²) in [6, 6.07) is 6.04. The summed E-state index contributed by atoms with van der Waals surface area (Å²) in [4.78, 5) is 17.4. The zero-order chi connectivity index (χ0) is 14.8. The molecule has 21 heavy (non-hydrogen) atoms. The van der Waals surface area contributed by atoms with Gasteiger partial charge in [0, 0.05) is 11.1 Å². The van der Waals surface area contributed by atoms with Crippen LogP contribution in [0.5, 0.6) is 5.75 Å². The summed E-state index contributed by atoms with van der Waals surface area (Å²) in [6.45, 7) is 2.17. The van der Waals surface area contributed by atoms with E-state index in [9.17, 15) is 4.79 Å². The molecule has 2 aromatic rings. The van der Waals surface area contributed by atoms with Gasteiger partial charge < -0.3 is 9.47 Å². The lowest BCUT2D eigenvalue weighted by Crippen LogP contribution is -2.04. The Hall–Kier alpha value is -1.88. The Bertz CT molecular complexity index is 678. The maximum absolute atomic E-state index is 11.9. The minimum Gasteiger partial charge on any atom is -0.496 e. The number of aromatic nitrogens is 1. The summed E-state index contributed by atoms with van der Waals surface area (Å²) >= 11 is 1.42. The van der Waals surface area contributed by atoms with E-state index >= 15 is 0 Å². The molecule has 0 amide bonds. The Morgan fingerprint density at radius 1 is 1.38 bits per heavy atom. The number of thiazole rings is 1. The summed E-state index contributed by atoms with van der Waals surface area (Å²) in [7, 11) is 1.69. The van der Waals surface area contributed by atoms with Gasteiger partial charge in [-0.25, -0.2) is 9.78 Å². The van der Waals surface area contributed by atoms with Crippen LogP contribution in [0.1, 0.15) is 34.4 Å². The SMILES string of the molecule is CCOC(=O)c1nc2c(s1)-c1cccc(OC)c1CCC2. The normalized spacial score (nSPS) is 13.0. The average Bonchev–Trinajstić information content (AvgIpc) is 2.84. The highest BCUT2D eigenvalue weighted by Gasteiger charge is 2.24. The van der Waals surface area contributed by atoms with Crippen LogP contribution in [0, 0.1) is 0 Å². The molecule has 1 heterocycles. The van der Waals surface area contributed by atoms with Gasteiger partial charge in [-0.1, -0.05) is 12.1 Å². The number of hydrogen-bond donors (Lipinski definition) is 0. The monoisotopic (exact) mass is 303 g/mol. The summed E-state index contributed by atoms with van der Waals surface area (Å²) in [5.41, 5.74) is 3.34. The molecule has 1 aromatic heterocycles. The largest absolute Gasteiger partial charge is 0.496 e. The van der Waals surface area contributed by atoms with Gasteiger partial charge in [-0.05, 0) is 32.3 Å². The van der Waals surface area contributed by atoms with Crippen LogP contribution in [0.15, 0.2) is 18.2 Å². The number of methoxy groups -OCH3 is 1. The number of esters is 1. The molecule has 0 aliphatic heterocycles. The predicted molar refractivity (Wildman–Crippen MR) is 82.1 cm³/mol. The number of ether oxygens (including phenoxy) is 2. The number of fused-ring (bicyclic) bond motifs is 3. The van der Waals surface area contributed by atoms with E-state index in [1.807, 2.05) is 12.1 Å². The van der Waals surface area contributed by atoms with Crippen LogP contribution in [-0.2, 0) is 17.6 Å².